The Bertz CT molecular complexity index is 1220. The number of amides is 1. The number of nitrogens with zero attached hydrogens (tertiary/aromatic N) is 1. The van der Waals surface area contributed by atoms with E-state index in [-0.39, 0.29) is 37.6 Å². The molecule has 0 aromatic carbocycles. The molecule has 0 spiro atoms. The third-order valence-electron chi connectivity index (χ3n) is 10.1. The van der Waals surface area contributed by atoms with Crippen molar-refractivity contribution in [3.63, 3.8) is 0 Å². The second kappa shape index (κ2) is 24.5. The predicted octanol–water partition coefficient (Wildman–Crippen LogP) is 6.90. The van der Waals surface area contributed by atoms with Crippen molar-refractivity contribution < 1.29 is 39.9 Å². The van der Waals surface area contributed by atoms with Gasteiger partial charge in [-0.3, -0.25) is 9.59 Å². The summed E-state index contributed by atoms with van der Waals surface area (Å²) >= 11 is 0. The number of esters is 1. The lowest BCUT2D eigenvalue weighted by molar-refractivity contribution is -0.194. The molecule has 5 N–H and O–H groups in total. The van der Waals surface area contributed by atoms with Crippen molar-refractivity contribution in [2.45, 2.75) is 161 Å². The predicted molar refractivity (Wildman–Crippen MR) is 210 cm³/mol. The van der Waals surface area contributed by atoms with Crippen LogP contribution in [0, 0.1) is 17.8 Å². The number of hydrogen-bond acceptors (Lipinski definition) is 8. The van der Waals surface area contributed by atoms with Gasteiger partial charge in [0, 0.05) is 18.9 Å². The first kappa shape index (κ1) is 47.2. The van der Waals surface area contributed by atoms with Crippen molar-refractivity contribution in [1.82, 2.24) is 4.90 Å². The first-order valence-corrected chi connectivity index (χ1v) is 19.4. The Labute approximate surface area is 314 Å². The molecule has 1 heterocycles. The maximum Gasteiger partial charge on any atom is 0.311 e. The van der Waals surface area contributed by atoms with Crippen LogP contribution < -0.4 is 0 Å². The standard InChI is InChI=1S/C43H71NO8/c1-9-11-12-13-14-15-16-17-18-19-20-21-22-23-24-25-26-27-28-29-37(45)44-31-32(3)30-42(7,50)39(47)33(4)38(46)34(5)41(49)52-36(10-2)43(8,51)40(48)35(44)6/h11-12,14-15,17-18,20-21,23-24,26-27,32-36,38-40,46-48,50-51H,9-10,13,16,19,22,25,28-31H2,1-8H3/b12-11-,15-14+,18-17-,21-20-,24-23-,27-26-/t32-,33+,34-,35-,36-,38+,39-,40-,42-,43-/m1/s1. The zero-order valence-corrected chi connectivity index (χ0v) is 33.2. The molecule has 1 amide bonds. The molecule has 0 aromatic rings. The summed E-state index contributed by atoms with van der Waals surface area (Å²) in [5, 5.41) is 56.4. The Kier molecular flexibility index (Phi) is 22.2. The van der Waals surface area contributed by atoms with E-state index in [0.717, 1.165) is 38.5 Å². The summed E-state index contributed by atoms with van der Waals surface area (Å²) in [4.78, 5) is 28.3. The average molecular weight is 730 g/mol. The highest BCUT2D eigenvalue weighted by Gasteiger charge is 2.48. The number of ether oxygens (including phenoxy) is 1. The smallest absolute Gasteiger partial charge is 0.311 e. The topological polar surface area (TPSA) is 148 Å². The second-order valence-electron chi connectivity index (χ2n) is 15.0. The van der Waals surface area contributed by atoms with Gasteiger partial charge in [0.25, 0.3) is 0 Å². The van der Waals surface area contributed by atoms with E-state index >= 15 is 0 Å². The number of aliphatic hydroxyl groups excluding tert-OH is 3. The van der Waals surface area contributed by atoms with Crippen molar-refractivity contribution >= 4 is 11.9 Å². The van der Waals surface area contributed by atoms with Crippen LogP contribution in [0.5, 0.6) is 0 Å². The van der Waals surface area contributed by atoms with Gasteiger partial charge in [-0.05, 0) is 91.4 Å². The van der Waals surface area contributed by atoms with Gasteiger partial charge in [-0.25, -0.2) is 0 Å². The lowest BCUT2D eigenvalue weighted by Crippen LogP contribution is -2.60. The number of carbonyl (C=O) groups excluding carboxylic acids is 2. The van der Waals surface area contributed by atoms with Gasteiger partial charge in [-0.15, -0.1) is 0 Å². The monoisotopic (exact) mass is 730 g/mol. The van der Waals surface area contributed by atoms with Gasteiger partial charge in [0.1, 0.15) is 17.8 Å². The molecule has 0 radical (unpaired) electrons. The lowest BCUT2D eigenvalue weighted by atomic mass is 9.78. The lowest BCUT2D eigenvalue weighted by Gasteiger charge is -2.43. The maximum absolute atomic E-state index is 13.7. The van der Waals surface area contributed by atoms with Crippen molar-refractivity contribution in [3.8, 4) is 0 Å². The van der Waals surface area contributed by atoms with Gasteiger partial charge >= 0.3 is 5.97 Å². The van der Waals surface area contributed by atoms with Crippen molar-refractivity contribution in [1.29, 1.82) is 0 Å². The van der Waals surface area contributed by atoms with Crippen molar-refractivity contribution in [2.75, 3.05) is 6.54 Å². The maximum atomic E-state index is 13.7. The molecule has 0 saturated carbocycles. The van der Waals surface area contributed by atoms with Crippen molar-refractivity contribution in [2.24, 2.45) is 17.8 Å². The minimum absolute atomic E-state index is 0.0811. The van der Waals surface area contributed by atoms with E-state index < -0.39 is 59.5 Å². The molecule has 0 bridgehead atoms. The van der Waals surface area contributed by atoms with E-state index in [1.807, 2.05) is 19.1 Å². The minimum Gasteiger partial charge on any atom is -0.459 e. The molecule has 1 rings (SSSR count). The number of aliphatic hydroxyl groups is 5. The van der Waals surface area contributed by atoms with Gasteiger partial charge < -0.3 is 35.2 Å². The molecule has 0 unspecified atom stereocenters. The highest BCUT2D eigenvalue weighted by molar-refractivity contribution is 5.77. The molecular formula is C43H71NO8. The summed E-state index contributed by atoms with van der Waals surface area (Å²) in [5.74, 6) is -3.33. The van der Waals surface area contributed by atoms with Crippen LogP contribution in [-0.4, -0.2) is 90.5 Å². The van der Waals surface area contributed by atoms with Gasteiger partial charge in [0.15, 0.2) is 0 Å². The van der Waals surface area contributed by atoms with Gasteiger partial charge in [-0.1, -0.05) is 101 Å². The molecule has 1 saturated heterocycles. The molecule has 52 heavy (non-hydrogen) atoms. The Morgan fingerprint density at radius 3 is 1.69 bits per heavy atom. The SMILES string of the molecule is CC/C=C\C/C=C/C/C=C\C/C=C\C/C=C\C/C=C\CCC(=O)N1C[C@H](C)C[C@@](C)(O)[C@H](O)[C@@H](C)[C@H](O)[C@@H](C)C(=O)O[C@H](CC)[C@@](C)(O)[C@H](O)[C@H]1C. The number of allylic oxidation sites excluding steroid dienone is 12. The van der Waals surface area contributed by atoms with Crippen LogP contribution in [0.4, 0.5) is 0 Å². The third-order valence-corrected chi connectivity index (χ3v) is 10.1. The largest absolute Gasteiger partial charge is 0.459 e. The summed E-state index contributed by atoms with van der Waals surface area (Å²) in [7, 11) is 0. The molecule has 9 nitrogen and oxygen atoms in total. The van der Waals surface area contributed by atoms with Crippen LogP contribution in [0.1, 0.15) is 120 Å². The van der Waals surface area contributed by atoms with Crippen molar-refractivity contribution in [3.05, 3.63) is 72.9 Å². The molecule has 296 valence electrons. The van der Waals surface area contributed by atoms with E-state index in [2.05, 4.69) is 67.7 Å². The van der Waals surface area contributed by atoms with Crippen LogP contribution in [-0.2, 0) is 14.3 Å². The molecule has 10 atom stereocenters. The molecule has 1 aliphatic rings. The normalized spacial score (nSPS) is 33.6. The molecular weight excluding hydrogens is 658 g/mol. The quantitative estimate of drug-likeness (QED) is 0.0904. The van der Waals surface area contributed by atoms with Gasteiger partial charge in [-0.2, -0.15) is 0 Å². The fourth-order valence-electron chi connectivity index (χ4n) is 6.77. The van der Waals surface area contributed by atoms with Gasteiger partial charge in [0.2, 0.25) is 5.91 Å². The zero-order chi connectivity index (χ0) is 39.3. The minimum atomic E-state index is -1.92. The second-order valence-corrected chi connectivity index (χ2v) is 15.0. The van der Waals surface area contributed by atoms with Crippen LogP contribution in [0.2, 0.25) is 0 Å². The average Bonchev–Trinajstić information content (AvgIpc) is 3.10. The molecule has 1 aliphatic heterocycles. The van der Waals surface area contributed by atoms with Crippen LogP contribution in [0.3, 0.4) is 0 Å². The highest BCUT2D eigenvalue weighted by Crippen LogP contribution is 2.33. The Hall–Kier alpha value is -2.82. The molecule has 9 heteroatoms. The summed E-state index contributed by atoms with van der Waals surface area (Å²) < 4.78 is 5.64. The third kappa shape index (κ3) is 16.0. The van der Waals surface area contributed by atoms with Crippen LogP contribution >= 0.6 is 0 Å². The number of carbonyl (C=O) groups is 2. The van der Waals surface area contributed by atoms with E-state index in [1.54, 1.807) is 20.8 Å². The Balaban J connectivity index is 2.89. The van der Waals surface area contributed by atoms with E-state index in [9.17, 15) is 35.1 Å². The summed E-state index contributed by atoms with van der Waals surface area (Å²) in [6.45, 7) is 13.4. The number of hydrogen-bond donors (Lipinski definition) is 5. The summed E-state index contributed by atoms with van der Waals surface area (Å²) in [6.07, 6.45) is 26.6. The van der Waals surface area contributed by atoms with E-state index in [0.29, 0.717) is 6.42 Å². The summed E-state index contributed by atoms with van der Waals surface area (Å²) in [5.41, 5.74) is -3.57. The molecule has 0 aliphatic carbocycles. The fourth-order valence-corrected chi connectivity index (χ4v) is 6.77. The van der Waals surface area contributed by atoms with E-state index in [1.165, 1.54) is 25.7 Å². The Morgan fingerprint density at radius 2 is 1.23 bits per heavy atom. The van der Waals surface area contributed by atoms with E-state index in [4.69, 9.17) is 4.74 Å². The first-order chi connectivity index (χ1) is 24.5. The first-order valence-electron chi connectivity index (χ1n) is 19.4. The van der Waals surface area contributed by atoms with Crippen LogP contribution in [0.25, 0.3) is 0 Å². The molecule has 0 aromatic heterocycles. The Morgan fingerprint density at radius 1 is 0.769 bits per heavy atom. The zero-order valence-electron chi connectivity index (χ0n) is 33.2. The summed E-state index contributed by atoms with van der Waals surface area (Å²) in [6, 6.07) is -0.870. The van der Waals surface area contributed by atoms with Crippen LogP contribution in [0.15, 0.2) is 72.9 Å². The highest BCUT2D eigenvalue weighted by atomic mass is 16.6. The van der Waals surface area contributed by atoms with Gasteiger partial charge in [0.05, 0.1) is 29.8 Å². The fraction of sp³-hybridized carbons (Fsp3) is 0.674. The number of cyclic esters (lactones) is 1. The molecule has 1 fully saturated rings. The number of rotatable bonds is 15.